The van der Waals surface area contributed by atoms with Gasteiger partial charge < -0.3 is 20.7 Å². The molecule has 0 aliphatic carbocycles. The van der Waals surface area contributed by atoms with Gasteiger partial charge in [-0.2, -0.15) is 0 Å². The summed E-state index contributed by atoms with van der Waals surface area (Å²) >= 11 is 0. The van der Waals surface area contributed by atoms with Gasteiger partial charge in [-0.05, 0) is 57.6 Å². The maximum atomic E-state index is 12.3. The Morgan fingerprint density at radius 3 is 2.95 bits per heavy atom. The largest absolute Gasteiger partial charge is 0.495 e. The number of benzene rings is 1. The van der Waals surface area contributed by atoms with Gasteiger partial charge in [0.05, 0.1) is 12.8 Å². The van der Waals surface area contributed by atoms with Gasteiger partial charge in [-0.3, -0.25) is 4.79 Å². The number of amides is 1. The summed E-state index contributed by atoms with van der Waals surface area (Å²) in [5.74, 6) is 0.483. The van der Waals surface area contributed by atoms with Crippen LogP contribution in [0, 0.1) is 0 Å². The highest BCUT2D eigenvalue weighted by molar-refractivity contribution is 5.95. The lowest BCUT2D eigenvalue weighted by Gasteiger charge is -2.17. The first-order valence-corrected chi connectivity index (χ1v) is 7.03. The first-order valence-electron chi connectivity index (χ1n) is 7.03. The molecule has 20 heavy (non-hydrogen) atoms. The van der Waals surface area contributed by atoms with Crippen molar-refractivity contribution in [2.24, 2.45) is 0 Å². The molecule has 0 spiro atoms. The van der Waals surface area contributed by atoms with Crippen LogP contribution in [0.1, 0.15) is 29.6 Å². The fraction of sp³-hybridized carbons (Fsp3) is 0.533. The SMILES string of the molecule is COc1cc(C(=O)NC2CCCN(C)CC2)ccc1N. The van der Waals surface area contributed by atoms with Crippen molar-refractivity contribution in [2.75, 3.05) is 33.0 Å². The highest BCUT2D eigenvalue weighted by Crippen LogP contribution is 2.22. The maximum absolute atomic E-state index is 12.3. The summed E-state index contributed by atoms with van der Waals surface area (Å²) in [4.78, 5) is 14.6. The molecule has 1 amide bonds. The molecule has 0 radical (unpaired) electrons. The minimum Gasteiger partial charge on any atom is -0.495 e. The molecule has 3 N–H and O–H groups in total. The van der Waals surface area contributed by atoms with E-state index < -0.39 is 0 Å². The minimum absolute atomic E-state index is 0.0575. The van der Waals surface area contributed by atoms with Crippen LogP contribution in [-0.2, 0) is 0 Å². The summed E-state index contributed by atoms with van der Waals surface area (Å²) < 4.78 is 5.15. The van der Waals surface area contributed by atoms with Crippen molar-refractivity contribution in [3.8, 4) is 5.75 Å². The smallest absolute Gasteiger partial charge is 0.251 e. The molecule has 1 saturated heterocycles. The zero-order valence-corrected chi connectivity index (χ0v) is 12.2. The predicted molar refractivity (Wildman–Crippen MR) is 80.0 cm³/mol. The fourth-order valence-corrected chi connectivity index (χ4v) is 2.51. The average Bonchev–Trinajstić information content (AvgIpc) is 2.64. The van der Waals surface area contributed by atoms with E-state index in [0.29, 0.717) is 17.0 Å². The number of hydrogen-bond acceptors (Lipinski definition) is 4. The third-order valence-electron chi connectivity index (χ3n) is 3.78. The van der Waals surface area contributed by atoms with E-state index in [0.717, 1.165) is 32.4 Å². The average molecular weight is 277 g/mol. The number of rotatable bonds is 3. The molecule has 1 aliphatic heterocycles. The second kappa shape index (κ2) is 6.61. The van der Waals surface area contributed by atoms with Crippen molar-refractivity contribution in [3.63, 3.8) is 0 Å². The zero-order chi connectivity index (χ0) is 14.5. The number of carbonyl (C=O) groups is 1. The van der Waals surface area contributed by atoms with Gasteiger partial charge in [0.1, 0.15) is 5.75 Å². The summed E-state index contributed by atoms with van der Waals surface area (Å²) in [7, 11) is 3.67. The minimum atomic E-state index is -0.0575. The molecule has 1 atom stereocenters. The molecule has 0 bridgehead atoms. The van der Waals surface area contributed by atoms with Crippen LogP contribution in [0.4, 0.5) is 5.69 Å². The number of methoxy groups -OCH3 is 1. The lowest BCUT2D eigenvalue weighted by molar-refractivity contribution is 0.0933. The van der Waals surface area contributed by atoms with Crippen LogP contribution < -0.4 is 15.8 Å². The standard InChI is InChI=1S/C15H23N3O2/c1-18-8-3-4-12(7-9-18)17-15(19)11-5-6-13(16)14(10-11)20-2/h5-6,10,12H,3-4,7-9,16H2,1-2H3,(H,17,19). The Morgan fingerprint density at radius 2 is 2.20 bits per heavy atom. The Hall–Kier alpha value is -1.75. The highest BCUT2D eigenvalue weighted by atomic mass is 16.5. The lowest BCUT2D eigenvalue weighted by atomic mass is 10.1. The molecule has 1 aromatic rings. The Labute approximate surface area is 120 Å². The molecule has 2 rings (SSSR count). The highest BCUT2D eigenvalue weighted by Gasteiger charge is 2.18. The van der Waals surface area contributed by atoms with E-state index in [1.807, 2.05) is 0 Å². The number of likely N-dealkylation sites (tertiary alicyclic amines) is 1. The third-order valence-corrected chi connectivity index (χ3v) is 3.78. The van der Waals surface area contributed by atoms with E-state index in [1.165, 1.54) is 0 Å². The number of nitrogen functional groups attached to an aromatic ring is 1. The van der Waals surface area contributed by atoms with Crippen molar-refractivity contribution in [1.82, 2.24) is 10.2 Å². The van der Waals surface area contributed by atoms with E-state index in [4.69, 9.17) is 10.5 Å². The van der Waals surface area contributed by atoms with Gasteiger partial charge in [0, 0.05) is 11.6 Å². The van der Waals surface area contributed by atoms with Crippen molar-refractivity contribution in [3.05, 3.63) is 23.8 Å². The van der Waals surface area contributed by atoms with Crippen molar-refractivity contribution >= 4 is 11.6 Å². The molecule has 1 aliphatic rings. The molecule has 5 heteroatoms. The third kappa shape index (κ3) is 3.63. The number of carbonyl (C=O) groups excluding carboxylic acids is 1. The van der Waals surface area contributed by atoms with Crippen molar-refractivity contribution < 1.29 is 9.53 Å². The molecule has 1 unspecified atom stereocenters. The number of ether oxygens (including phenoxy) is 1. The maximum Gasteiger partial charge on any atom is 0.251 e. The van der Waals surface area contributed by atoms with Crippen LogP contribution in [0.15, 0.2) is 18.2 Å². The number of nitrogens with two attached hydrogens (primary N) is 1. The van der Waals surface area contributed by atoms with E-state index in [2.05, 4.69) is 17.3 Å². The van der Waals surface area contributed by atoms with Crippen LogP contribution in [0.5, 0.6) is 5.75 Å². The molecule has 1 fully saturated rings. The molecule has 0 saturated carbocycles. The van der Waals surface area contributed by atoms with Gasteiger partial charge in [0.2, 0.25) is 0 Å². The first kappa shape index (κ1) is 14.7. The first-order chi connectivity index (χ1) is 9.60. The monoisotopic (exact) mass is 277 g/mol. The molecule has 110 valence electrons. The molecule has 1 aromatic carbocycles. The quantitative estimate of drug-likeness (QED) is 0.821. The van der Waals surface area contributed by atoms with Gasteiger partial charge in [-0.15, -0.1) is 0 Å². The Kier molecular flexibility index (Phi) is 4.84. The van der Waals surface area contributed by atoms with Crippen molar-refractivity contribution in [2.45, 2.75) is 25.3 Å². The lowest BCUT2D eigenvalue weighted by Crippen LogP contribution is -2.35. The normalized spacial score (nSPS) is 20.2. The topological polar surface area (TPSA) is 67.6 Å². The van der Waals surface area contributed by atoms with Crippen LogP contribution in [0.3, 0.4) is 0 Å². The van der Waals surface area contributed by atoms with Crippen LogP contribution >= 0.6 is 0 Å². The van der Waals surface area contributed by atoms with Gasteiger partial charge in [-0.1, -0.05) is 0 Å². The molecular formula is C15H23N3O2. The second-order valence-corrected chi connectivity index (χ2v) is 5.36. The number of nitrogens with one attached hydrogen (secondary N) is 1. The zero-order valence-electron chi connectivity index (χ0n) is 12.2. The van der Waals surface area contributed by atoms with Crippen LogP contribution in [-0.4, -0.2) is 44.1 Å². The number of anilines is 1. The summed E-state index contributed by atoms with van der Waals surface area (Å²) in [5.41, 5.74) is 6.89. The van der Waals surface area contributed by atoms with Gasteiger partial charge in [0.25, 0.3) is 5.91 Å². The van der Waals surface area contributed by atoms with E-state index in [-0.39, 0.29) is 11.9 Å². The van der Waals surface area contributed by atoms with E-state index >= 15 is 0 Å². The van der Waals surface area contributed by atoms with Crippen LogP contribution in [0.2, 0.25) is 0 Å². The van der Waals surface area contributed by atoms with Gasteiger partial charge in [0.15, 0.2) is 0 Å². The molecule has 1 heterocycles. The molecular weight excluding hydrogens is 254 g/mol. The Balaban J connectivity index is 2.00. The Bertz CT molecular complexity index is 476. The Morgan fingerprint density at radius 1 is 1.40 bits per heavy atom. The van der Waals surface area contributed by atoms with E-state index in [1.54, 1.807) is 25.3 Å². The molecule has 0 aromatic heterocycles. The van der Waals surface area contributed by atoms with E-state index in [9.17, 15) is 4.79 Å². The van der Waals surface area contributed by atoms with Crippen LogP contribution in [0.25, 0.3) is 0 Å². The predicted octanol–water partition coefficient (Wildman–Crippen LogP) is 1.49. The number of hydrogen-bond donors (Lipinski definition) is 2. The summed E-state index contributed by atoms with van der Waals surface area (Å²) in [6, 6.07) is 5.37. The second-order valence-electron chi connectivity index (χ2n) is 5.36. The van der Waals surface area contributed by atoms with Crippen molar-refractivity contribution in [1.29, 1.82) is 0 Å². The van der Waals surface area contributed by atoms with Gasteiger partial charge >= 0.3 is 0 Å². The summed E-state index contributed by atoms with van der Waals surface area (Å²) in [6.45, 7) is 2.12. The summed E-state index contributed by atoms with van der Waals surface area (Å²) in [6.07, 6.45) is 3.14. The van der Waals surface area contributed by atoms with Gasteiger partial charge in [-0.25, -0.2) is 0 Å². The molecule has 5 nitrogen and oxygen atoms in total. The number of nitrogens with zero attached hydrogens (tertiary/aromatic N) is 1. The summed E-state index contributed by atoms with van der Waals surface area (Å²) in [5, 5.41) is 3.10. The fourth-order valence-electron chi connectivity index (χ4n) is 2.51.